The van der Waals surface area contributed by atoms with Crippen LogP contribution in [0.4, 0.5) is 0 Å². The Balaban J connectivity index is 1.74. The standard InChI is InChI=1S/C20H26N2O5S2/c1-27-19(23)7-3-2-4-13-21-20(24)16-8-10-18(11-9-16)29(25,26)22-14-12-17-6-5-15-28-17/h5-6,8-11,15,22H,2-4,7,12-14H2,1H3,(H,21,24). The molecule has 1 aromatic heterocycles. The molecule has 0 saturated heterocycles. The summed E-state index contributed by atoms with van der Waals surface area (Å²) in [4.78, 5) is 24.4. The van der Waals surface area contributed by atoms with Crippen LogP contribution >= 0.6 is 11.3 Å². The maximum absolute atomic E-state index is 12.3. The number of amides is 1. The zero-order chi connectivity index (χ0) is 21.1. The third-order valence-electron chi connectivity index (χ3n) is 4.24. The van der Waals surface area contributed by atoms with E-state index in [1.807, 2.05) is 17.5 Å². The van der Waals surface area contributed by atoms with Crippen molar-refractivity contribution in [2.75, 3.05) is 20.2 Å². The number of nitrogens with one attached hydrogen (secondary N) is 2. The van der Waals surface area contributed by atoms with E-state index in [-0.39, 0.29) is 16.8 Å². The molecule has 0 unspecified atom stereocenters. The van der Waals surface area contributed by atoms with E-state index < -0.39 is 10.0 Å². The molecule has 1 heterocycles. The van der Waals surface area contributed by atoms with Gasteiger partial charge in [0, 0.05) is 30.0 Å². The van der Waals surface area contributed by atoms with Crippen LogP contribution in [-0.2, 0) is 26.0 Å². The number of benzene rings is 1. The molecule has 1 aromatic carbocycles. The Kier molecular flexibility index (Phi) is 9.30. The Morgan fingerprint density at radius 2 is 1.79 bits per heavy atom. The molecule has 2 aromatic rings. The van der Waals surface area contributed by atoms with E-state index in [4.69, 9.17) is 0 Å². The van der Waals surface area contributed by atoms with Crippen LogP contribution < -0.4 is 10.0 Å². The lowest BCUT2D eigenvalue weighted by atomic mass is 10.2. The van der Waals surface area contributed by atoms with Gasteiger partial charge in [-0.1, -0.05) is 12.5 Å². The molecule has 0 aliphatic heterocycles. The van der Waals surface area contributed by atoms with Crippen molar-refractivity contribution in [1.29, 1.82) is 0 Å². The summed E-state index contributed by atoms with van der Waals surface area (Å²) in [6.07, 6.45) is 3.29. The molecule has 2 N–H and O–H groups in total. The van der Waals surface area contributed by atoms with Gasteiger partial charge in [0.1, 0.15) is 0 Å². The largest absolute Gasteiger partial charge is 0.469 e. The van der Waals surface area contributed by atoms with E-state index in [1.165, 1.54) is 31.4 Å². The minimum Gasteiger partial charge on any atom is -0.469 e. The molecular weight excluding hydrogens is 412 g/mol. The monoisotopic (exact) mass is 438 g/mol. The van der Waals surface area contributed by atoms with Crippen molar-refractivity contribution in [1.82, 2.24) is 10.0 Å². The molecule has 1 amide bonds. The number of sulfonamides is 1. The first-order chi connectivity index (χ1) is 13.9. The first-order valence-electron chi connectivity index (χ1n) is 9.39. The van der Waals surface area contributed by atoms with Crippen LogP contribution in [0.15, 0.2) is 46.7 Å². The van der Waals surface area contributed by atoms with E-state index in [9.17, 15) is 18.0 Å². The third-order valence-corrected chi connectivity index (χ3v) is 6.65. The summed E-state index contributed by atoms with van der Waals surface area (Å²) >= 11 is 1.59. The number of thiophene rings is 1. The SMILES string of the molecule is COC(=O)CCCCCNC(=O)c1ccc(S(=O)(=O)NCCc2cccs2)cc1. The highest BCUT2D eigenvalue weighted by Crippen LogP contribution is 2.12. The number of carbonyl (C=O) groups excluding carboxylic acids is 2. The summed E-state index contributed by atoms with van der Waals surface area (Å²) in [5.74, 6) is -0.488. The molecule has 2 rings (SSSR count). The summed E-state index contributed by atoms with van der Waals surface area (Å²) in [6.45, 7) is 0.811. The summed E-state index contributed by atoms with van der Waals surface area (Å²) in [5, 5.41) is 4.74. The summed E-state index contributed by atoms with van der Waals surface area (Å²) in [6, 6.07) is 9.75. The average Bonchev–Trinajstić information content (AvgIpc) is 3.23. The Labute approximate surface area is 175 Å². The normalized spacial score (nSPS) is 11.2. The summed E-state index contributed by atoms with van der Waals surface area (Å²) in [5.41, 5.74) is 0.400. The van der Waals surface area contributed by atoms with Gasteiger partial charge in [0.15, 0.2) is 0 Å². The first kappa shape index (κ1) is 23.1. The average molecular weight is 439 g/mol. The highest BCUT2D eigenvalue weighted by molar-refractivity contribution is 7.89. The number of ether oxygens (including phenoxy) is 1. The lowest BCUT2D eigenvalue weighted by Gasteiger charge is -2.08. The maximum atomic E-state index is 12.3. The van der Waals surface area contributed by atoms with Crippen LogP contribution in [0.3, 0.4) is 0 Å². The zero-order valence-electron chi connectivity index (χ0n) is 16.3. The Morgan fingerprint density at radius 1 is 1.03 bits per heavy atom. The van der Waals surface area contributed by atoms with Crippen molar-refractivity contribution in [2.45, 2.75) is 37.0 Å². The Bertz CT molecular complexity index is 878. The number of esters is 1. The number of carbonyl (C=O) groups is 2. The second-order valence-corrected chi connectivity index (χ2v) is 9.19. The van der Waals surface area contributed by atoms with Gasteiger partial charge in [-0.05, 0) is 55.0 Å². The molecular formula is C20H26N2O5S2. The van der Waals surface area contributed by atoms with E-state index in [0.29, 0.717) is 37.9 Å². The molecule has 9 heteroatoms. The number of hydrogen-bond donors (Lipinski definition) is 2. The highest BCUT2D eigenvalue weighted by Gasteiger charge is 2.14. The molecule has 0 fully saturated rings. The molecule has 7 nitrogen and oxygen atoms in total. The van der Waals surface area contributed by atoms with Gasteiger partial charge in [0.05, 0.1) is 12.0 Å². The van der Waals surface area contributed by atoms with Crippen LogP contribution in [0.5, 0.6) is 0 Å². The lowest BCUT2D eigenvalue weighted by Crippen LogP contribution is -2.26. The van der Waals surface area contributed by atoms with E-state index >= 15 is 0 Å². The first-order valence-corrected chi connectivity index (χ1v) is 11.8. The van der Waals surface area contributed by atoms with Crippen molar-refractivity contribution in [3.8, 4) is 0 Å². The number of rotatable bonds is 12. The van der Waals surface area contributed by atoms with Crippen molar-refractivity contribution < 1.29 is 22.7 Å². The number of unbranched alkanes of at least 4 members (excludes halogenated alkanes) is 2. The molecule has 0 atom stereocenters. The second-order valence-electron chi connectivity index (χ2n) is 6.39. The molecule has 29 heavy (non-hydrogen) atoms. The zero-order valence-corrected chi connectivity index (χ0v) is 18.0. The summed E-state index contributed by atoms with van der Waals surface area (Å²) in [7, 11) is -2.25. The Morgan fingerprint density at radius 3 is 2.45 bits per heavy atom. The quantitative estimate of drug-likeness (QED) is 0.392. The van der Waals surface area contributed by atoms with Crippen molar-refractivity contribution in [3.63, 3.8) is 0 Å². The van der Waals surface area contributed by atoms with Crippen LogP contribution in [-0.4, -0.2) is 40.5 Å². The molecule has 0 spiro atoms. The van der Waals surface area contributed by atoms with Gasteiger partial charge in [-0.2, -0.15) is 0 Å². The van der Waals surface area contributed by atoms with Crippen LogP contribution in [0.2, 0.25) is 0 Å². The third kappa shape index (κ3) is 7.96. The fourth-order valence-electron chi connectivity index (χ4n) is 2.61. The van der Waals surface area contributed by atoms with Crippen LogP contribution in [0, 0.1) is 0 Å². The molecule has 0 aliphatic rings. The maximum Gasteiger partial charge on any atom is 0.305 e. The van der Waals surface area contributed by atoms with Gasteiger partial charge < -0.3 is 10.1 Å². The van der Waals surface area contributed by atoms with Crippen LogP contribution in [0.25, 0.3) is 0 Å². The van der Waals surface area contributed by atoms with E-state index in [1.54, 1.807) is 11.3 Å². The van der Waals surface area contributed by atoms with Crippen molar-refractivity contribution in [3.05, 3.63) is 52.2 Å². The van der Waals surface area contributed by atoms with Crippen LogP contribution in [0.1, 0.15) is 40.9 Å². The van der Waals surface area contributed by atoms with E-state index in [0.717, 1.165) is 17.7 Å². The van der Waals surface area contributed by atoms with Crippen molar-refractivity contribution >= 4 is 33.2 Å². The molecule has 0 saturated carbocycles. The topological polar surface area (TPSA) is 102 Å². The predicted octanol–water partition coefficient (Wildman–Crippen LogP) is 2.73. The lowest BCUT2D eigenvalue weighted by molar-refractivity contribution is -0.140. The number of hydrogen-bond acceptors (Lipinski definition) is 6. The molecule has 0 radical (unpaired) electrons. The fourth-order valence-corrected chi connectivity index (χ4v) is 4.35. The fraction of sp³-hybridized carbons (Fsp3) is 0.400. The smallest absolute Gasteiger partial charge is 0.305 e. The van der Waals surface area contributed by atoms with Gasteiger partial charge in [-0.15, -0.1) is 11.3 Å². The second kappa shape index (κ2) is 11.7. The minimum atomic E-state index is -3.61. The summed E-state index contributed by atoms with van der Waals surface area (Å²) < 4.78 is 31.8. The molecule has 158 valence electrons. The predicted molar refractivity (Wildman–Crippen MR) is 112 cm³/mol. The van der Waals surface area contributed by atoms with Gasteiger partial charge in [-0.3, -0.25) is 9.59 Å². The van der Waals surface area contributed by atoms with Gasteiger partial charge >= 0.3 is 5.97 Å². The van der Waals surface area contributed by atoms with Gasteiger partial charge in [0.2, 0.25) is 10.0 Å². The van der Waals surface area contributed by atoms with Gasteiger partial charge in [-0.25, -0.2) is 13.1 Å². The van der Waals surface area contributed by atoms with Gasteiger partial charge in [0.25, 0.3) is 5.91 Å². The van der Waals surface area contributed by atoms with Crippen molar-refractivity contribution in [2.24, 2.45) is 0 Å². The number of methoxy groups -OCH3 is 1. The Hall–Kier alpha value is -2.23. The molecule has 0 aliphatic carbocycles. The molecule has 0 bridgehead atoms. The minimum absolute atomic E-state index is 0.128. The van der Waals surface area contributed by atoms with E-state index in [2.05, 4.69) is 14.8 Å². The highest BCUT2D eigenvalue weighted by atomic mass is 32.2.